The monoisotopic (exact) mass is 268 g/mol. The van der Waals surface area contributed by atoms with Crippen LogP contribution in [0.1, 0.15) is 19.4 Å². The number of benzene rings is 1. The van der Waals surface area contributed by atoms with Crippen LogP contribution in [0.25, 0.3) is 0 Å². The average Bonchev–Trinajstić information content (AvgIpc) is 2.31. The van der Waals surface area contributed by atoms with Crippen molar-refractivity contribution in [2.45, 2.75) is 25.8 Å². The number of nitrogens with one attached hydrogen (secondary N) is 1. The zero-order valence-corrected chi connectivity index (χ0v) is 11.5. The molecule has 1 rings (SSSR count). The lowest BCUT2D eigenvalue weighted by molar-refractivity contribution is -0.128. The SMILES string of the molecule is CC(=O)N(C)Cc1ccccc1NC(=O)C(C)Cl. The second kappa shape index (κ2) is 6.40. The van der Waals surface area contributed by atoms with E-state index in [1.54, 1.807) is 24.9 Å². The molecule has 0 spiro atoms. The van der Waals surface area contributed by atoms with E-state index < -0.39 is 5.38 Å². The van der Waals surface area contributed by atoms with E-state index in [0.717, 1.165) is 5.56 Å². The number of carbonyl (C=O) groups excluding carboxylic acids is 2. The van der Waals surface area contributed by atoms with Crippen LogP contribution in [0, 0.1) is 0 Å². The van der Waals surface area contributed by atoms with Gasteiger partial charge >= 0.3 is 0 Å². The number of halogens is 1. The molecule has 0 bridgehead atoms. The van der Waals surface area contributed by atoms with Crippen LogP contribution < -0.4 is 5.32 Å². The lowest BCUT2D eigenvalue weighted by Gasteiger charge is -2.18. The van der Waals surface area contributed by atoms with Crippen LogP contribution in [-0.4, -0.2) is 29.1 Å². The molecule has 0 aliphatic carbocycles. The molecule has 4 nitrogen and oxygen atoms in total. The van der Waals surface area contributed by atoms with Crippen molar-refractivity contribution in [1.29, 1.82) is 0 Å². The molecular formula is C13H17ClN2O2. The standard InChI is InChI=1S/C13H17ClN2O2/c1-9(14)13(18)15-12-7-5-4-6-11(12)8-16(3)10(2)17/h4-7,9H,8H2,1-3H3,(H,15,18). The summed E-state index contributed by atoms with van der Waals surface area (Å²) in [4.78, 5) is 24.3. The molecule has 1 aromatic carbocycles. The van der Waals surface area contributed by atoms with Gasteiger partial charge in [0, 0.05) is 26.2 Å². The van der Waals surface area contributed by atoms with Crippen LogP contribution in [0.2, 0.25) is 0 Å². The van der Waals surface area contributed by atoms with Crippen molar-refractivity contribution in [3.8, 4) is 0 Å². The highest BCUT2D eigenvalue weighted by Crippen LogP contribution is 2.17. The summed E-state index contributed by atoms with van der Waals surface area (Å²) >= 11 is 5.71. The minimum absolute atomic E-state index is 0.0261. The Morgan fingerprint density at radius 2 is 2.00 bits per heavy atom. The van der Waals surface area contributed by atoms with Gasteiger partial charge in [0.15, 0.2) is 0 Å². The predicted molar refractivity (Wildman–Crippen MR) is 72.5 cm³/mol. The van der Waals surface area contributed by atoms with E-state index in [9.17, 15) is 9.59 Å². The zero-order chi connectivity index (χ0) is 13.7. The van der Waals surface area contributed by atoms with Crippen LogP contribution in [-0.2, 0) is 16.1 Å². The molecule has 0 aliphatic rings. The van der Waals surface area contributed by atoms with Gasteiger partial charge in [0.1, 0.15) is 5.38 Å². The smallest absolute Gasteiger partial charge is 0.242 e. The van der Waals surface area contributed by atoms with Crippen molar-refractivity contribution in [3.05, 3.63) is 29.8 Å². The Kier molecular flexibility index (Phi) is 5.16. The van der Waals surface area contributed by atoms with Crippen molar-refractivity contribution in [2.75, 3.05) is 12.4 Å². The number of rotatable bonds is 4. The van der Waals surface area contributed by atoms with Gasteiger partial charge < -0.3 is 10.2 Å². The summed E-state index contributed by atoms with van der Waals surface area (Å²) in [7, 11) is 1.71. The largest absolute Gasteiger partial charge is 0.342 e. The van der Waals surface area contributed by atoms with Gasteiger partial charge in [0.25, 0.3) is 0 Å². The predicted octanol–water partition coefficient (Wildman–Crippen LogP) is 2.23. The summed E-state index contributed by atoms with van der Waals surface area (Å²) < 4.78 is 0. The maximum atomic E-state index is 11.6. The van der Waals surface area contributed by atoms with Crippen LogP contribution >= 0.6 is 11.6 Å². The Morgan fingerprint density at radius 1 is 1.39 bits per heavy atom. The molecule has 5 heteroatoms. The van der Waals surface area contributed by atoms with E-state index in [-0.39, 0.29) is 11.8 Å². The number of anilines is 1. The topological polar surface area (TPSA) is 49.4 Å². The van der Waals surface area contributed by atoms with Gasteiger partial charge in [-0.3, -0.25) is 9.59 Å². The summed E-state index contributed by atoms with van der Waals surface area (Å²) in [5.41, 5.74) is 1.56. The fraction of sp³-hybridized carbons (Fsp3) is 0.385. The molecule has 98 valence electrons. The highest BCUT2D eigenvalue weighted by atomic mass is 35.5. The molecule has 1 N–H and O–H groups in total. The van der Waals surface area contributed by atoms with Gasteiger partial charge in [-0.1, -0.05) is 18.2 Å². The summed E-state index contributed by atoms with van der Waals surface area (Å²) in [6.07, 6.45) is 0. The molecule has 0 heterocycles. The third kappa shape index (κ3) is 4.04. The van der Waals surface area contributed by atoms with Crippen molar-refractivity contribution in [3.63, 3.8) is 0 Å². The first-order chi connectivity index (χ1) is 8.41. The lowest BCUT2D eigenvalue weighted by atomic mass is 10.1. The molecule has 0 saturated carbocycles. The molecule has 2 amide bonds. The normalized spacial score (nSPS) is 11.8. The molecule has 0 aliphatic heterocycles. The molecule has 0 aromatic heterocycles. The van der Waals surface area contributed by atoms with Crippen LogP contribution in [0.3, 0.4) is 0 Å². The Hall–Kier alpha value is -1.55. The first-order valence-electron chi connectivity index (χ1n) is 5.66. The molecule has 1 aromatic rings. The Bertz CT molecular complexity index is 446. The zero-order valence-electron chi connectivity index (χ0n) is 10.7. The summed E-state index contributed by atoms with van der Waals surface area (Å²) in [6.45, 7) is 3.56. The van der Waals surface area contributed by atoms with Crippen LogP contribution in [0.15, 0.2) is 24.3 Å². The first-order valence-corrected chi connectivity index (χ1v) is 6.10. The number of hydrogen-bond donors (Lipinski definition) is 1. The van der Waals surface area contributed by atoms with E-state index in [2.05, 4.69) is 5.32 Å². The molecule has 0 saturated heterocycles. The fourth-order valence-electron chi connectivity index (χ4n) is 1.38. The number of alkyl halides is 1. The molecule has 0 radical (unpaired) electrons. The number of hydrogen-bond acceptors (Lipinski definition) is 2. The lowest BCUT2D eigenvalue weighted by Crippen LogP contribution is -2.25. The highest BCUT2D eigenvalue weighted by molar-refractivity contribution is 6.32. The summed E-state index contributed by atoms with van der Waals surface area (Å²) in [5, 5.41) is 2.15. The van der Waals surface area contributed by atoms with Crippen molar-refractivity contribution in [2.24, 2.45) is 0 Å². The van der Waals surface area contributed by atoms with E-state index >= 15 is 0 Å². The van der Waals surface area contributed by atoms with Gasteiger partial charge in [-0.25, -0.2) is 0 Å². The van der Waals surface area contributed by atoms with E-state index in [1.807, 2.05) is 18.2 Å². The second-order valence-electron chi connectivity index (χ2n) is 4.14. The molecular weight excluding hydrogens is 252 g/mol. The van der Waals surface area contributed by atoms with Crippen molar-refractivity contribution in [1.82, 2.24) is 4.90 Å². The van der Waals surface area contributed by atoms with Gasteiger partial charge in [0.2, 0.25) is 11.8 Å². The number of amides is 2. The molecule has 1 atom stereocenters. The first kappa shape index (κ1) is 14.5. The Labute approximate surface area is 112 Å². The maximum absolute atomic E-state index is 11.6. The van der Waals surface area contributed by atoms with E-state index in [0.29, 0.717) is 12.2 Å². The number of para-hydroxylation sites is 1. The second-order valence-corrected chi connectivity index (χ2v) is 4.79. The van der Waals surface area contributed by atoms with Gasteiger partial charge in [-0.15, -0.1) is 11.6 Å². The fourth-order valence-corrected chi connectivity index (χ4v) is 1.43. The van der Waals surface area contributed by atoms with Crippen LogP contribution in [0.4, 0.5) is 5.69 Å². The Balaban J connectivity index is 2.86. The molecule has 18 heavy (non-hydrogen) atoms. The Morgan fingerprint density at radius 3 is 2.56 bits per heavy atom. The third-order valence-electron chi connectivity index (χ3n) is 2.58. The van der Waals surface area contributed by atoms with Gasteiger partial charge in [-0.05, 0) is 18.6 Å². The van der Waals surface area contributed by atoms with Crippen LogP contribution in [0.5, 0.6) is 0 Å². The van der Waals surface area contributed by atoms with Gasteiger partial charge in [-0.2, -0.15) is 0 Å². The highest BCUT2D eigenvalue weighted by Gasteiger charge is 2.12. The number of nitrogens with zero attached hydrogens (tertiary/aromatic N) is 1. The van der Waals surface area contributed by atoms with E-state index in [4.69, 9.17) is 11.6 Å². The van der Waals surface area contributed by atoms with Gasteiger partial charge in [0.05, 0.1) is 0 Å². The minimum Gasteiger partial charge on any atom is -0.342 e. The molecule has 1 unspecified atom stereocenters. The van der Waals surface area contributed by atoms with Crippen molar-refractivity contribution >= 4 is 29.1 Å². The number of carbonyl (C=O) groups is 2. The van der Waals surface area contributed by atoms with E-state index in [1.165, 1.54) is 6.92 Å². The molecule has 0 fully saturated rings. The average molecular weight is 269 g/mol. The van der Waals surface area contributed by atoms with Crippen molar-refractivity contribution < 1.29 is 9.59 Å². The maximum Gasteiger partial charge on any atom is 0.242 e. The minimum atomic E-state index is -0.594. The summed E-state index contributed by atoms with van der Waals surface area (Å²) in [5.74, 6) is -0.281. The third-order valence-corrected chi connectivity index (χ3v) is 2.78. The summed E-state index contributed by atoms with van der Waals surface area (Å²) in [6, 6.07) is 7.35. The quantitative estimate of drug-likeness (QED) is 0.852.